The second kappa shape index (κ2) is 6.02. The molecule has 1 aliphatic rings. The molecule has 1 amide bonds. The van der Waals surface area contributed by atoms with Crippen molar-refractivity contribution in [2.45, 2.75) is 39.7 Å². The smallest absolute Gasteiger partial charge is 0.223 e. The topological polar surface area (TPSA) is 20.3 Å². The summed E-state index contributed by atoms with van der Waals surface area (Å²) in [6, 6.07) is 8.64. The maximum Gasteiger partial charge on any atom is 0.223 e. The molecular weight excluding hydrogens is 278 g/mol. The number of aryl methyl sites for hydroxylation is 3. The van der Waals surface area contributed by atoms with Gasteiger partial charge in [0.1, 0.15) is 0 Å². The molecule has 0 N–H and O–H groups in total. The Hall–Kier alpha value is -1.61. The predicted molar refractivity (Wildman–Crippen MR) is 87.7 cm³/mol. The average Bonchev–Trinajstić information content (AvgIpc) is 2.93. The number of fused-ring (bicyclic) bond motifs is 1. The van der Waals surface area contributed by atoms with Crippen molar-refractivity contribution in [1.82, 2.24) is 4.90 Å². The number of benzene rings is 1. The molecule has 2 heterocycles. The largest absolute Gasteiger partial charge is 0.338 e. The number of thiophene rings is 1. The monoisotopic (exact) mass is 299 g/mol. The van der Waals surface area contributed by atoms with Crippen LogP contribution in [0.3, 0.4) is 0 Å². The third kappa shape index (κ3) is 3.18. The van der Waals surface area contributed by atoms with Crippen LogP contribution in [-0.4, -0.2) is 17.4 Å². The minimum absolute atomic E-state index is 0.284. The van der Waals surface area contributed by atoms with Crippen LogP contribution in [0, 0.1) is 13.8 Å². The van der Waals surface area contributed by atoms with E-state index in [9.17, 15) is 4.79 Å². The van der Waals surface area contributed by atoms with Crippen molar-refractivity contribution < 1.29 is 4.79 Å². The van der Waals surface area contributed by atoms with E-state index in [-0.39, 0.29) is 5.91 Å². The highest BCUT2D eigenvalue weighted by Crippen LogP contribution is 2.24. The van der Waals surface area contributed by atoms with Gasteiger partial charge in [-0.15, -0.1) is 11.3 Å². The van der Waals surface area contributed by atoms with Crippen LogP contribution in [0.4, 0.5) is 0 Å². The maximum atomic E-state index is 12.4. The molecule has 1 aliphatic heterocycles. The fraction of sp³-hybridized carbons (Fsp3) is 0.389. The third-order valence-electron chi connectivity index (χ3n) is 4.27. The van der Waals surface area contributed by atoms with E-state index in [4.69, 9.17) is 0 Å². The molecule has 0 saturated heterocycles. The summed E-state index contributed by atoms with van der Waals surface area (Å²) in [7, 11) is 0. The molecule has 0 spiro atoms. The molecule has 0 unspecified atom stereocenters. The Morgan fingerprint density at radius 1 is 1.29 bits per heavy atom. The average molecular weight is 299 g/mol. The highest BCUT2D eigenvalue weighted by molar-refractivity contribution is 7.10. The van der Waals surface area contributed by atoms with Gasteiger partial charge in [0.15, 0.2) is 0 Å². The number of hydrogen-bond donors (Lipinski definition) is 0. The molecule has 0 bridgehead atoms. The van der Waals surface area contributed by atoms with Crippen LogP contribution in [0.5, 0.6) is 0 Å². The van der Waals surface area contributed by atoms with Crippen molar-refractivity contribution in [2.24, 2.45) is 0 Å². The molecule has 0 radical (unpaired) electrons. The van der Waals surface area contributed by atoms with E-state index in [0.717, 1.165) is 25.9 Å². The Bertz CT molecular complexity index is 659. The molecule has 0 saturated carbocycles. The van der Waals surface area contributed by atoms with E-state index in [2.05, 4.69) is 43.5 Å². The second-order valence-corrected chi connectivity index (χ2v) is 6.86. The first-order valence-electron chi connectivity index (χ1n) is 7.52. The highest BCUT2D eigenvalue weighted by Gasteiger charge is 2.21. The Balaban J connectivity index is 1.60. The Kier molecular flexibility index (Phi) is 4.11. The lowest BCUT2D eigenvalue weighted by Gasteiger charge is -2.27. The summed E-state index contributed by atoms with van der Waals surface area (Å²) in [5, 5.41) is 2.13. The fourth-order valence-electron chi connectivity index (χ4n) is 2.99. The van der Waals surface area contributed by atoms with Crippen molar-refractivity contribution >= 4 is 17.2 Å². The molecule has 0 aliphatic carbocycles. The minimum Gasteiger partial charge on any atom is -0.338 e. The van der Waals surface area contributed by atoms with E-state index in [1.165, 1.54) is 27.1 Å². The van der Waals surface area contributed by atoms with Gasteiger partial charge in [-0.25, -0.2) is 0 Å². The molecule has 1 aromatic heterocycles. The van der Waals surface area contributed by atoms with Gasteiger partial charge in [-0.2, -0.15) is 0 Å². The molecule has 1 aromatic carbocycles. The van der Waals surface area contributed by atoms with Gasteiger partial charge in [0.25, 0.3) is 0 Å². The maximum absolute atomic E-state index is 12.4. The number of carbonyl (C=O) groups excluding carboxylic acids is 1. The SMILES string of the molecule is Cc1ccc(CCC(=O)N2CCc3sccc3C2)c(C)c1. The first kappa shape index (κ1) is 14.3. The Labute approximate surface area is 130 Å². The van der Waals surface area contributed by atoms with E-state index < -0.39 is 0 Å². The van der Waals surface area contributed by atoms with Gasteiger partial charge in [-0.1, -0.05) is 23.8 Å². The van der Waals surface area contributed by atoms with Crippen LogP contribution in [0.25, 0.3) is 0 Å². The van der Waals surface area contributed by atoms with Gasteiger partial charge in [0.05, 0.1) is 0 Å². The van der Waals surface area contributed by atoms with E-state index in [0.29, 0.717) is 6.42 Å². The summed E-state index contributed by atoms with van der Waals surface area (Å²) in [6.45, 7) is 5.91. The van der Waals surface area contributed by atoms with Crippen LogP contribution in [0.15, 0.2) is 29.6 Å². The van der Waals surface area contributed by atoms with Crippen LogP contribution >= 0.6 is 11.3 Å². The molecule has 0 fully saturated rings. The van der Waals surface area contributed by atoms with Crippen molar-refractivity contribution in [3.05, 3.63) is 56.8 Å². The normalized spacial score (nSPS) is 14.1. The summed E-state index contributed by atoms with van der Waals surface area (Å²) in [4.78, 5) is 15.9. The number of rotatable bonds is 3. The molecule has 2 aromatic rings. The van der Waals surface area contributed by atoms with Crippen LogP contribution in [0.2, 0.25) is 0 Å². The number of hydrogen-bond acceptors (Lipinski definition) is 2. The lowest BCUT2D eigenvalue weighted by atomic mass is 10.0. The molecule has 3 heteroatoms. The van der Waals surface area contributed by atoms with Crippen molar-refractivity contribution in [3.63, 3.8) is 0 Å². The number of amides is 1. The molecule has 110 valence electrons. The van der Waals surface area contributed by atoms with Gasteiger partial charge in [-0.3, -0.25) is 4.79 Å². The highest BCUT2D eigenvalue weighted by atomic mass is 32.1. The molecule has 3 rings (SSSR count). The van der Waals surface area contributed by atoms with Crippen molar-refractivity contribution in [3.8, 4) is 0 Å². The predicted octanol–water partition coefficient (Wildman–Crippen LogP) is 3.88. The zero-order valence-corrected chi connectivity index (χ0v) is 13.5. The van der Waals surface area contributed by atoms with Crippen molar-refractivity contribution in [1.29, 1.82) is 0 Å². The first-order chi connectivity index (χ1) is 10.1. The molecule has 2 nitrogen and oxygen atoms in total. The standard InChI is InChI=1S/C18H21NOS/c1-13-3-4-15(14(2)11-13)5-6-18(20)19-9-7-17-16(12-19)8-10-21-17/h3-4,8,10-11H,5-7,9,12H2,1-2H3. The van der Waals surface area contributed by atoms with Crippen LogP contribution in [0.1, 0.15) is 33.6 Å². The fourth-order valence-corrected chi connectivity index (χ4v) is 3.88. The lowest BCUT2D eigenvalue weighted by Crippen LogP contribution is -2.35. The zero-order valence-electron chi connectivity index (χ0n) is 12.7. The summed E-state index contributed by atoms with van der Waals surface area (Å²) in [5.41, 5.74) is 5.21. The van der Waals surface area contributed by atoms with Gasteiger partial charge in [-0.05, 0) is 54.8 Å². The quantitative estimate of drug-likeness (QED) is 0.842. The molecule has 21 heavy (non-hydrogen) atoms. The molecular formula is C18H21NOS. The van der Waals surface area contributed by atoms with Crippen molar-refractivity contribution in [2.75, 3.05) is 6.54 Å². The van der Waals surface area contributed by atoms with E-state index >= 15 is 0 Å². The van der Waals surface area contributed by atoms with E-state index in [1.807, 2.05) is 16.2 Å². The van der Waals surface area contributed by atoms with Crippen LogP contribution in [-0.2, 0) is 24.2 Å². The van der Waals surface area contributed by atoms with E-state index in [1.54, 1.807) is 0 Å². The van der Waals surface area contributed by atoms with Crippen LogP contribution < -0.4 is 0 Å². The Morgan fingerprint density at radius 3 is 2.95 bits per heavy atom. The summed E-state index contributed by atoms with van der Waals surface area (Å²) >= 11 is 1.81. The summed E-state index contributed by atoms with van der Waals surface area (Å²) in [6.07, 6.45) is 2.48. The number of nitrogens with zero attached hydrogens (tertiary/aromatic N) is 1. The van der Waals surface area contributed by atoms with Gasteiger partial charge in [0.2, 0.25) is 5.91 Å². The summed E-state index contributed by atoms with van der Waals surface area (Å²) < 4.78 is 0. The second-order valence-electron chi connectivity index (χ2n) is 5.86. The number of carbonyl (C=O) groups is 1. The zero-order chi connectivity index (χ0) is 14.8. The van der Waals surface area contributed by atoms with Gasteiger partial charge < -0.3 is 4.90 Å². The lowest BCUT2D eigenvalue weighted by molar-refractivity contribution is -0.132. The summed E-state index contributed by atoms with van der Waals surface area (Å²) in [5.74, 6) is 0.284. The third-order valence-corrected chi connectivity index (χ3v) is 5.29. The van der Waals surface area contributed by atoms with Gasteiger partial charge in [0, 0.05) is 24.4 Å². The minimum atomic E-state index is 0.284. The van der Waals surface area contributed by atoms with Gasteiger partial charge >= 0.3 is 0 Å². The Morgan fingerprint density at radius 2 is 2.14 bits per heavy atom. The first-order valence-corrected chi connectivity index (χ1v) is 8.40. The molecule has 0 atom stereocenters.